The van der Waals surface area contributed by atoms with Crippen LogP contribution < -0.4 is 0 Å². The van der Waals surface area contributed by atoms with E-state index in [1.54, 1.807) is 43.0 Å². The molecular formula is C16H29I. The molecule has 0 N–H and O–H groups in total. The summed E-state index contributed by atoms with van der Waals surface area (Å²) in [5.41, 5.74) is 0. The van der Waals surface area contributed by atoms with E-state index in [1.807, 2.05) is 0 Å². The van der Waals surface area contributed by atoms with Gasteiger partial charge in [0.15, 0.2) is 0 Å². The van der Waals surface area contributed by atoms with Gasteiger partial charge in [-0.15, -0.1) is 0 Å². The van der Waals surface area contributed by atoms with Gasteiger partial charge in [0.25, 0.3) is 0 Å². The van der Waals surface area contributed by atoms with E-state index in [2.05, 4.69) is 20.8 Å². The second-order valence-corrected chi connectivity index (χ2v) is 14.3. The van der Waals surface area contributed by atoms with Gasteiger partial charge in [-0.05, 0) is 0 Å². The van der Waals surface area contributed by atoms with Crippen LogP contribution in [0.4, 0.5) is 0 Å². The second kappa shape index (κ2) is 4.68. The Morgan fingerprint density at radius 2 is 1.94 bits per heavy atom. The first-order valence-electron chi connectivity index (χ1n) is 7.83. The van der Waals surface area contributed by atoms with Crippen molar-refractivity contribution in [1.82, 2.24) is 0 Å². The van der Waals surface area contributed by atoms with Crippen LogP contribution in [0, 0.1) is 17.8 Å². The molecule has 4 unspecified atom stereocenters. The van der Waals surface area contributed by atoms with Crippen molar-refractivity contribution in [2.75, 3.05) is 4.43 Å². The van der Waals surface area contributed by atoms with Gasteiger partial charge in [0, 0.05) is 0 Å². The molecule has 3 fully saturated rings. The molecule has 3 rings (SSSR count). The van der Waals surface area contributed by atoms with Crippen molar-refractivity contribution in [3.05, 3.63) is 0 Å². The molecule has 0 aromatic heterocycles. The second-order valence-electron chi connectivity index (χ2n) is 6.78. The van der Waals surface area contributed by atoms with Crippen LogP contribution >= 0.6 is 19.8 Å². The van der Waals surface area contributed by atoms with E-state index >= 15 is 0 Å². The van der Waals surface area contributed by atoms with Crippen LogP contribution in [0.15, 0.2) is 0 Å². The first kappa shape index (κ1) is 12.7. The Labute approximate surface area is 115 Å². The Bertz CT molecular complexity index is 287. The normalized spacial score (nSPS) is 52.1. The van der Waals surface area contributed by atoms with Crippen LogP contribution in [-0.4, -0.2) is 11.8 Å². The van der Waals surface area contributed by atoms with Gasteiger partial charge in [-0.1, -0.05) is 0 Å². The van der Waals surface area contributed by atoms with E-state index in [1.165, 1.54) is 16.3 Å². The number of hydrogen-bond donors (Lipinski definition) is 0. The number of halogens is 1. The Balaban J connectivity index is 1.74. The third-order valence-electron chi connectivity index (χ3n) is 6.15. The van der Waals surface area contributed by atoms with Crippen LogP contribution in [0.3, 0.4) is 0 Å². The summed E-state index contributed by atoms with van der Waals surface area (Å²) in [5, 5.41) is 0. The van der Waals surface area contributed by atoms with Gasteiger partial charge in [-0.2, -0.15) is 0 Å². The van der Waals surface area contributed by atoms with Crippen molar-refractivity contribution in [2.45, 2.75) is 73.1 Å². The van der Waals surface area contributed by atoms with Gasteiger partial charge < -0.3 is 0 Å². The summed E-state index contributed by atoms with van der Waals surface area (Å²) in [4.78, 5) is 0. The van der Waals surface area contributed by atoms with Gasteiger partial charge >= 0.3 is 115 Å². The molecule has 1 heteroatoms. The molecule has 0 aromatic carbocycles. The third-order valence-corrected chi connectivity index (χ3v) is 15.9. The molecule has 0 nitrogen and oxygen atoms in total. The summed E-state index contributed by atoms with van der Waals surface area (Å²) in [5.74, 6) is 3.33. The zero-order chi connectivity index (χ0) is 12.0. The van der Waals surface area contributed by atoms with Crippen LogP contribution in [0.25, 0.3) is 0 Å². The predicted molar refractivity (Wildman–Crippen MR) is 85.2 cm³/mol. The van der Waals surface area contributed by atoms with E-state index < -0.39 is 19.8 Å². The monoisotopic (exact) mass is 348 g/mol. The summed E-state index contributed by atoms with van der Waals surface area (Å²) in [6, 6.07) is 0. The fourth-order valence-electron chi connectivity index (χ4n) is 5.10. The standard InChI is InChI=1S/C16H29I/c1-4-17-15(14-9-5-7-12(14)2)11-16(17)10-6-8-13(16)3/h12-15H,4-11H2,1-3H3/t12?,13-,14?,15?,16?/m0/s1. The molecule has 0 aromatic rings. The van der Waals surface area contributed by atoms with E-state index in [9.17, 15) is 0 Å². The quantitative estimate of drug-likeness (QED) is 0.470. The molecule has 2 aliphatic carbocycles. The predicted octanol–water partition coefficient (Wildman–Crippen LogP) is 5.28. The summed E-state index contributed by atoms with van der Waals surface area (Å²) in [7, 11) is 0. The summed E-state index contributed by atoms with van der Waals surface area (Å²) in [6.07, 6.45) is 11.1. The fraction of sp³-hybridized carbons (Fsp3) is 1.00. The van der Waals surface area contributed by atoms with Crippen LogP contribution in [0.1, 0.15) is 65.7 Å². The van der Waals surface area contributed by atoms with Gasteiger partial charge in [0.1, 0.15) is 0 Å². The summed E-state index contributed by atoms with van der Waals surface area (Å²) < 4.78 is 3.84. The fourth-order valence-corrected chi connectivity index (χ4v) is 15.8. The third kappa shape index (κ3) is 1.81. The zero-order valence-corrected chi connectivity index (χ0v) is 14.0. The van der Waals surface area contributed by atoms with E-state index in [4.69, 9.17) is 0 Å². The van der Waals surface area contributed by atoms with Crippen molar-refractivity contribution >= 4 is 19.8 Å². The SMILES string of the molecule is CCI1C(C2CCCC2C)CC12CCC[C@@H]2C. The van der Waals surface area contributed by atoms with Gasteiger partial charge in [-0.25, -0.2) is 0 Å². The Hall–Kier alpha value is 0.730. The maximum absolute atomic E-state index is 2.58. The van der Waals surface area contributed by atoms with Crippen molar-refractivity contribution in [3.8, 4) is 0 Å². The number of rotatable bonds is 2. The average Bonchev–Trinajstić information content (AvgIpc) is 2.84. The molecule has 2 saturated carbocycles. The summed E-state index contributed by atoms with van der Waals surface area (Å²) >= 11 is -0.627. The molecule has 1 aliphatic heterocycles. The maximum atomic E-state index is 2.58. The Kier molecular flexibility index (Phi) is 3.51. The minimum absolute atomic E-state index is 0.627. The van der Waals surface area contributed by atoms with Crippen molar-refractivity contribution in [3.63, 3.8) is 0 Å². The van der Waals surface area contributed by atoms with Gasteiger partial charge in [0.2, 0.25) is 0 Å². The van der Waals surface area contributed by atoms with Gasteiger partial charge in [0.05, 0.1) is 0 Å². The minimum atomic E-state index is -0.627. The molecule has 100 valence electrons. The number of hydrogen-bond acceptors (Lipinski definition) is 0. The van der Waals surface area contributed by atoms with Crippen LogP contribution in [0.2, 0.25) is 0 Å². The first-order valence-corrected chi connectivity index (χ1v) is 11.7. The van der Waals surface area contributed by atoms with E-state index in [-0.39, 0.29) is 0 Å². The topological polar surface area (TPSA) is 0 Å². The molecule has 0 amide bonds. The van der Waals surface area contributed by atoms with Crippen molar-refractivity contribution in [1.29, 1.82) is 0 Å². The molecular weight excluding hydrogens is 319 g/mol. The van der Waals surface area contributed by atoms with Crippen molar-refractivity contribution in [2.24, 2.45) is 17.8 Å². The zero-order valence-electron chi connectivity index (χ0n) is 11.8. The van der Waals surface area contributed by atoms with Crippen LogP contribution in [-0.2, 0) is 0 Å². The van der Waals surface area contributed by atoms with Crippen LogP contribution in [0.5, 0.6) is 0 Å². The molecule has 0 bridgehead atoms. The molecule has 3 aliphatic rings. The molecule has 17 heavy (non-hydrogen) atoms. The number of alkyl halides is 3. The van der Waals surface area contributed by atoms with E-state index in [0.717, 1.165) is 15.3 Å². The first-order chi connectivity index (χ1) is 8.19. The Morgan fingerprint density at radius 1 is 1.12 bits per heavy atom. The Morgan fingerprint density at radius 3 is 2.47 bits per heavy atom. The molecule has 1 heterocycles. The van der Waals surface area contributed by atoms with Gasteiger partial charge in [-0.3, -0.25) is 0 Å². The molecule has 5 atom stereocenters. The molecule has 1 spiro atoms. The van der Waals surface area contributed by atoms with E-state index in [0.29, 0.717) is 0 Å². The summed E-state index contributed by atoms with van der Waals surface area (Å²) in [6.45, 7) is 7.66. The molecule has 0 radical (unpaired) electrons. The average molecular weight is 348 g/mol. The van der Waals surface area contributed by atoms with Crippen molar-refractivity contribution < 1.29 is 0 Å². The molecule has 1 saturated heterocycles.